The van der Waals surface area contributed by atoms with Crippen molar-refractivity contribution in [3.63, 3.8) is 0 Å². The molecule has 21 heteroatoms. The highest BCUT2D eigenvalue weighted by atomic mass is 32.1. The number of hydrogen-bond acceptors (Lipinski definition) is 15. The van der Waals surface area contributed by atoms with Crippen LogP contribution in [0.2, 0.25) is 0 Å². The number of terminal acetylenes is 1. The van der Waals surface area contributed by atoms with Crippen molar-refractivity contribution < 1.29 is 42.5 Å². The molecule has 11 rings (SSSR count). The summed E-state index contributed by atoms with van der Waals surface area (Å²) in [5.74, 6) is 0.755. The maximum atomic E-state index is 17.2. The van der Waals surface area contributed by atoms with Crippen molar-refractivity contribution in [2.75, 3.05) is 50.8 Å². The first kappa shape index (κ1) is 63.0. The van der Waals surface area contributed by atoms with Gasteiger partial charge in [-0.15, -0.1) is 17.8 Å². The third-order valence-corrected chi connectivity index (χ3v) is 19.9. The molecule has 7 atom stereocenters. The Balaban J connectivity index is 0.604. The number of piperazine rings is 1. The zero-order chi connectivity index (χ0) is 62.6. The number of ether oxygens (including phenoxy) is 2. The van der Waals surface area contributed by atoms with Crippen molar-refractivity contribution in [3.05, 3.63) is 88.7 Å². The van der Waals surface area contributed by atoms with Crippen molar-refractivity contribution in [1.29, 1.82) is 0 Å². The van der Waals surface area contributed by atoms with E-state index in [4.69, 9.17) is 25.9 Å². The number of benzene rings is 3. The Kier molecular flexibility index (Phi) is 19.3. The lowest BCUT2D eigenvalue weighted by Gasteiger charge is -2.35. The number of nitrogens with zero attached hydrogens (tertiary/aromatic N) is 7. The van der Waals surface area contributed by atoms with Gasteiger partial charge in [0.1, 0.15) is 53.9 Å². The highest BCUT2D eigenvalue weighted by molar-refractivity contribution is 7.13. The molecule has 5 N–H and O–H groups in total. The average Bonchev–Trinajstić information content (AvgIpc) is 1.89. The van der Waals surface area contributed by atoms with Crippen LogP contribution in [-0.4, -0.2) is 140 Å². The number of carbonyl (C=O) groups is 4. The Bertz CT molecular complexity index is 3620. The van der Waals surface area contributed by atoms with Crippen molar-refractivity contribution in [3.8, 4) is 45.8 Å². The van der Waals surface area contributed by atoms with E-state index in [-0.39, 0.29) is 100 Å². The van der Waals surface area contributed by atoms with Crippen LogP contribution in [0.1, 0.15) is 153 Å². The fourth-order valence-electron chi connectivity index (χ4n) is 14.2. The van der Waals surface area contributed by atoms with E-state index in [1.54, 1.807) is 16.2 Å². The van der Waals surface area contributed by atoms with Gasteiger partial charge in [0.25, 0.3) is 0 Å². The number of amides is 4. The smallest absolute Gasteiger partial charge is 0.407 e. The summed E-state index contributed by atoms with van der Waals surface area (Å²) in [5.41, 5.74) is 3.87. The molecule has 0 aliphatic carbocycles. The van der Waals surface area contributed by atoms with E-state index in [9.17, 15) is 24.3 Å². The Morgan fingerprint density at radius 3 is 2.39 bits per heavy atom. The minimum absolute atomic E-state index is 0.00181. The maximum Gasteiger partial charge on any atom is 0.407 e. The molecule has 6 aromatic rings. The van der Waals surface area contributed by atoms with E-state index in [0.29, 0.717) is 68.5 Å². The molecule has 472 valence electrons. The van der Waals surface area contributed by atoms with Gasteiger partial charge in [0, 0.05) is 67.9 Å². The zero-order valence-corrected chi connectivity index (χ0v) is 52.6. The van der Waals surface area contributed by atoms with Crippen LogP contribution in [0.3, 0.4) is 0 Å². The predicted octanol–water partition coefficient (Wildman–Crippen LogP) is 10.8. The standard InChI is InChI=1S/C68H83F2N11O7S/c1-7-50-53(69)26-23-45-33-49(82)34-51(56(45)50)58-57(70)59-52(35-72-58)62(79-36-46-24-25-47(37-79)75-46)78-65(77-59)88-39-68-28-16-32-81(68)48(27-29-68)38-87-66(86)71-30-14-12-10-8-9-11-13-18-55(83)76-61(67(4,5)6)64(85)80-31-15-17-54(80)63(84)74-41(2)43-19-21-44(22-20-43)60-42(3)73-40-89-60/h1,19-23,26,33-35,40-41,46-48,54,61,75,82H,8-18,24-25,27-32,36-39H2,2-6H3,(H,71,86)(H,74,84)(H,76,83)/t41-,46?,47?,48+,54-,61?,68?/m0/s1. The molecule has 8 heterocycles. The maximum absolute atomic E-state index is 17.2. The number of thiazole rings is 1. The number of aryl methyl sites for hydroxylation is 1. The van der Waals surface area contributed by atoms with Gasteiger partial charge in [-0.3, -0.25) is 24.3 Å². The van der Waals surface area contributed by atoms with Crippen LogP contribution in [0.5, 0.6) is 11.8 Å². The molecule has 5 aliphatic heterocycles. The van der Waals surface area contributed by atoms with E-state index in [1.807, 2.05) is 64.4 Å². The molecule has 3 aromatic heterocycles. The van der Waals surface area contributed by atoms with E-state index < -0.39 is 35.2 Å². The van der Waals surface area contributed by atoms with E-state index in [1.165, 1.54) is 30.5 Å². The molecule has 4 unspecified atom stereocenters. The number of anilines is 1. The molecule has 18 nitrogen and oxygen atoms in total. The second-order valence-electron chi connectivity index (χ2n) is 26.1. The number of phenols is 1. The largest absolute Gasteiger partial charge is 0.508 e. The number of carbonyl (C=O) groups excluding carboxylic acids is 4. The number of nitrogens with one attached hydrogen (secondary N) is 4. The second kappa shape index (κ2) is 27.3. The molecular formula is C68H83F2N11O7S. The number of unbranched alkanes of at least 4 members (excludes halogenated alkanes) is 6. The molecule has 89 heavy (non-hydrogen) atoms. The third-order valence-electron chi connectivity index (χ3n) is 18.9. The summed E-state index contributed by atoms with van der Waals surface area (Å²) < 4.78 is 44.7. The lowest BCUT2D eigenvalue weighted by atomic mass is 9.85. The number of hydrogen-bond donors (Lipinski definition) is 5. The van der Waals surface area contributed by atoms with Gasteiger partial charge in [-0.1, -0.05) is 89.1 Å². The van der Waals surface area contributed by atoms with E-state index in [2.05, 4.69) is 47.0 Å². The molecule has 2 bridgehead atoms. The van der Waals surface area contributed by atoms with E-state index in [0.717, 1.165) is 105 Å². The Morgan fingerprint density at radius 2 is 1.66 bits per heavy atom. The zero-order valence-electron chi connectivity index (χ0n) is 51.8. The lowest BCUT2D eigenvalue weighted by molar-refractivity contribution is -0.144. The summed E-state index contributed by atoms with van der Waals surface area (Å²) in [6.45, 7) is 13.3. The Labute approximate surface area is 523 Å². The second-order valence-corrected chi connectivity index (χ2v) is 27.0. The molecule has 0 radical (unpaired) electrons. The van der Waals surface area contributed by atoms with Crippen molar-refractivity contribution in [2.24, 2.45) is 5.41 Å². The number of alkyl carbamates (subject to hydrolysis) is 1. The lowest BCUT2D eigenvalue weighted by Crippen LogP contribution is -2.57. The number of likely N-dealkylation sites (tertiary alicyclic amines) is 1. The first-order chi connectivity index (χ1) is 42.9. The normalized spacial score (nSPS) is 21.4. The quantitative estimate of drug-likeness (QED) is 0.0298. The van der Waals surface area contributed by atoms with Crippen molar-refractivity contribution >= 4 is 62.6 Å². The Hall–Kier alpha value is -7.54. The summed E-state index contributed by atoms with van der Waals surface area (Å²) in [5, 5.41) is 24.6. The molecule has 5 aliphatic rings. The molecular weight excluding hydrogens is 1150 g/mol. The molecule has 5 fully saturated rings. The van der Waals surface area contributed by atoms with Crippen molar-refractivity contribution in [2.45, 2.75) is 179 Å². The number of fused-ring (bicyclic) bond motifs is 5. The number of phenolic OH excluding ortho intramolecular Hbond substituents is 1. The van der Waals surface area contributed by atoms with Crippen molar-refractivity contribution in [1.82, 2.24) is 51.0 Å². The molecule has 0 spiro atoms. The summed E-state index contributed by atoms with van der Waals surface area (Å²) in [6.07, 6.45) is 20.2. The Morgan fingerprint density at radius 1 is 0.910 bits per heavy atom. The SMILES string of the molecule is C#Cc1c(F)ccc2cc(O)cc(-c3ncc4c(N5CC6CCC(C5)N6)nc(OCC56CCCN5[C@@H](COC(=O)NCCCCCCCCCC(=O)NC(C(=O)N5CCC[C@H]5C(=O)N[C@@H](C)c5ccc(-c7scnc7C)cc5)C(C)(C)C)CC6)nc4c3F)c12. The highest BCUT2D eigenvalue weighted by Gasteiger charge is 2.50. The van der Waals surface area contributed by atoms with Gasteiger partial charge in [0.15, 0.2) is 5.82 Å². The summed E-state index contributed by atoms with van der Waals surface area (Å²) in [6, 6.07) is 12.5. The van der Waals surface area contributed by atoms with Crippen LogP contribution in [0.15, 0.2) is 60.2 Å². The van der Waals surface area contributed by atoms with Gasteiger partial charge in [0.2, 0.25) is 17.7 Å². The molecule has 0 saturated carbocycles. The van der Waals surface area contributed by atoms with E-state index >= 15 is 8.78 Å². The molecule has 5 saturated heterocycles. The monoisotopic (exact) mass is 1240 g/mol. The van der Waals surface area contributed by atoms with Crippen LogP contribution in [0.25, 0.3) is 43.4 Å². The fourth-order valence-corrected chi connectivity index (χ4v) is 15.0. The number of aromatic hydroxyl groups is 1. The number of halogens is 2. The molecule has 4 amide bonds. The minimum Gasteiger partial charge on any atom is -0.508 e. The molecule has 3 aromatic carbocycles. The number of aromatic nitrogens is 4. The third kappa shape index (κ3) is 13.9. The van der Waals surface area contributed by atoms with Gasteiger partial charge in [0.05, 0.1) is 38.6 Å². The van der Waals surface area contributed by atoms with Crippen LogP contribution in [-0.2, 0) is 19.1 Å². The van der Waals surface area contributed by atoms with Gasteiger partial charge < -0.3 is 45.6 Å². The van der Waals surface area contributed by atoms with Gasteiger partial charge >= 0.3 is 12.1 Å². The predicted molar refractivity (Wildman–Crippen MR) is 340 cm³/mol. The van der Waals surface area contributed by atoms with Crippen LogP contribution in [0.4, 0.5) is 19.4 Å². The average molecular weight is 1240 g/mol. The number of pyridine rings is 1. The minimum atomic E-state index is -0.774. The first-order valence-electron chi connectivity index (χ1n) is 31.9. The topological polar surface area (TPSA) is 216 Å². The van der Waals surface area contributed by atoms with Crippen LogP contribution in [0, 0.1) is 36.3 Å². The summed E-state index contributed by atoms with van der Waals surface area (Å²) in [4.78, 5) is 80.0. The van der Waals surface area contributed by atoms with Gasteiger partial charge in [-0.05, 0) is 125 Å². The highest BCUT2D eigenvalue weighted by Crippen LogP contribution is 2.44. The van der Waals surface area contributed by atoms with Crippen LogP contribution < -0.4 is 30.9 Å². The summed E-state index contributed by atoms with van der Waals surface area (Å²) >= 11 is 1.60. The van der Waals surface area contributed by atoms with Gasteiger partial charge in [-0.2, -0.15) is 9.97 Å². The van der Waals surface area contributed by atoms with Crippen LogP contribution >= 0.6 is 11.3 Å². The first-order valence-corrected chi connectivity index (χ1v) is 32.8. The van der Waals surface area contributed by atoms with Gasteiger partial charge in [-0.25, -0.2) is 18.6 Å². The fraction of sp³-hybridized carbons (Fsp3) is 0.529. The summed E-state index contributed by atoms with van der Waals surface area (Å²) in [7, 11) is 0. The number of rotatable bonds is 23.